The third kappa shape index (κ3) is 3.22. The second kappa shape index (κ2) is 5.58. The zero-order valence-corrected chi connectivity index (χ0v) is 14.0. The maximum absolute atomic E-state index is 12.5. The van der Waals surface area contributed by atoms with Gasteiger partial charge in [0, 0.05) is 4.47 Å². The molecular weight excluding hydrogens is 338 g/mol. The van der Waals surface area contributed by atoms with Crippen LogP contribution in [0.15, 0.2) is 45.8 Å². The molecule has 5 heteroatoms. The van der Waals surface area contributed by atoms with E-state index in [0.717, 1.165) is 16.7 Å². The Labute approximate surface area is 128 Å². The van der Waals surface area contributed by atoms with Crippen molar-refractivity contribution in [3.63, 3.8) is 0 Å². The minimum Gasteiger partial charge on any atom is -0.279 e. The molecule has 0 unspecified atom stereocenters. The number of benzene rings is 2. The van der Waals surface area contributed by atoms with Crippen LogP contribution in [-0.2, 0) is 10.0 Å². The summed E-state index contributed by atoms with van der Waals surface area (Å²) in [6.07, 6.45) is 0. The Morgan fingerprint density at radius 1 is 0.950 bits per heavy atom. The van der Waals surface area contributed by atoms with E-state index in [4.69, 9.17) is 0 Å². The monoisotopic (exact) mass is 353 g/mol. The van der Waals surface area contributed by atoms with Gasteiger partial charge in [0.2, 0.25) is 0 Å². The van der Waals surface area contributed by atoms with Gasteiger partial charge >= 0.3 is 0 Å². The number of hydrogen-bond acceptors (Lipinski definition) is 2. The first-order chi connectivity index (χ1) is 9.29. The van der Waals surface area contributed by atoms with Gasteiger partial charge in [0.15, 0.2) is 0 Å². The van der Waals surface area contributed by atoms with Crippen LogP contribution >= 0.6 is 15.9 Å². The van der Waals surface area contributed by atoms with Gasteiger partial charge in [-0.1, -0.05) is 18.2 Å². The van der Waals surface area contributed by atoms with Gasteiger partial charge in [-0.05, 0) is 71.6 Å². The van der Waals surface area contributed by atoms with E-state index in [9.17, 15) is 8.42 Å². The Bertz CT molecular complexity index is 754. The molecule has 0 radical (unpaired) electrons. The van der Waals surface area contributed by atoms with Crippen LogP contribution in [-0.4, -0.2) is 8.42 Å². The van der Waals surface area contributed by atoms with Gasteiger partial charge in [-0.15, -0.1) is 0 Å². The molecule has 2 rings (SSSR count). The Morgan fingerprint density at radius 2 is 1.55 bits per heavy atom. The van der Waals surface area contributed by atoms with Crippen LogP contribution in [0.4, 0.5) is 5.69 Å². The highest BCUT2D eigenvalue weighted by Crippen LogP contribution is 2.26. The lowest BCUT2D eigenvalue weighted by molar-refractivity contribution is 0.600. The van der Waals surface area contributed by atoms with Crippen LogP contribution in [0.3, 0.4) is 0 Å². The van der Waals surface area contributed by atoms with E-state index in [-0.39, 0.29) is 4.90 Å². The summed E-state index contributed by atoms with van der Waals surface area (Å²) in [5.41, 5.74) is 3.51. The number of rotatable bonds is 3. The van der Waals surface area contributed by atoms with Crippen molar-refractivity contribution in [2.45, 2.75) is 25.7 Å². The molecule has 3 nitrogen and oxygen atoms in total. The molecule has 2 aromatic rings. The molecule has 0 aliphatic rings. The first-order valence-electron chi connectivity index (χ1n) is 6.16. The van der Waals surface area contributed by atoms with Gasteiger partial charge in [0.25, 0.3) is 10.0 Å². The average molecular weight is 354 g/mol. The standard InChI is InChI=1S/C15H16BrNO2S/c1-10-5-7-15(13(16)8-10)20(18,19)17-14-9-11(2)4-6-12(14)3/h4-9,17H,1-3H3. The molecule has 20 heavy (non-hydrogen) atoms. The molecule has 0 saturated heterocycles. The zero-order valence-electron chi connectivity index (χ0n) is 11.6. The van der Waals surface area contributed by atoms with Crippen molar-refractivity contribution < 1.29 is 8.42 Å². The Balaban J connectivity index is 2.43. The highest BCUT2D eigenvalue weighted by molar-refractivity contribution is 9.10. The maximum atomic E-state index is 12.5. The highest BCUT2D eigenvalue weighted by Gasteiger charge is 2.18. The van der Waals surface area contributed by atoms with Crippen molar-refractivity contribution in [2.75, 3.05) is 4.72 Å². The number of nitrogens with one attached hydrogen (secondary N) is 1. The minimum atomic E-state index is -3.60. The number of halogens is 1. The second-order valence-electron chi connectivity index (χ2n) is 4.86. The van der Waals surface area contributed by atoms with Crippen LogP contribution < -0.4 is 4.72 Å². The van der Waals surface area contributed by atoms with Gasteiger partial charge < -0.3 is 0 Å². The van der Waals surface area contributed by atoms with Gasteiger partial charge in [-0.2, -0.15) is 0 Å². The number of hydrogen-bond donors (Lipinski definition) is 1. The summed E-state index contributed by atoms with van der Waals surface area (Å²) in [6.45, 7) is 5.72. The van der Waals surface area contributed by atoms with E-state index in [1.807, 2.05) is 39.0 Å². The average Bonchev–Trinajstić information content (AvgIpc) is 2.33. The fraction of sp³-hybridized carbons (Fsp3) is 0.200. The molecule has 0 atom stereocenters. The number of aryl methyl sites for hydroxylation is 3. The van der Waals surface area contributed by atoms with Crippen molar-refractivity contribution >= 4 is 31.6 Å². The summed E-state index contributed by atoms with van der Waals surface area (Å²) in [7, 11) is -3.60. The van der Waals surface area contributed by atoms with Gasteiger partial charge in [0.05, 0.1) is 5.69 Å². The largest absolute Gasteiger partial charge is 0.279 e. The van der Waals surface area contributed by atoms with E-state index in [1.54, 1.807) is 18.2 Å². The van der Waals surface area contributed by atoms with Crippen molar-refractivity contribution in [2.24, 2.45) is 0 Å². The van der Waals surface area contributed by atoms with E-state index in [2.05, 4.69) is 20.7 Å². The fourth-order valence-corrected chi connectivity index (χ4v) is 4.18. The SMILES string of the molecule is Cc1ccc(S(=O)(=O)Nc2cc(C)ccc2C)c(Br)c1. The molecule has 0 spiro atoms. The minimum absolute atomic E-state index is 0.240. The van der Waals surface area contributed by atoms with Crippen LogP contribution in [0.25, 0.3) is 0 Å². The van der Waals surface area contributed by atoms with Crippen molar-refractivity contribution in [3.05, 3.63) is 57.6 Å². The summed E-state index contributed by atoms with van der Waals surface area (Å²) in [6, 6.07) is 10.9. The van der Waals surface area contributed by atoms with Crippen LogP contribution in [0.1, 0.15) is 16.7 Å². The summed E-state index contributed by atoms with van der Waals surface area (Å²) >= 11 is 3.31. The lowest BCUT2D eigenvalue weighted by Crippen LogP contribution is -2.14. The molecule has 1 N–H and O–H groups in total. The molecule has 0 saturated carbocycles. The Morgan fingerprint density at radius 3 is 2.20 bits per heavy atom. The van der Waals surface area contributed by atoms with E-state index >= 15 is 0 Å². The van der Waals surface area contributed by atoms with Crippen LogP contribution in [0, 0.1) is 20.8 Å². The summed E-state index contributed by atoms with van der Waals surface area (Å²) in [4.78, 5) is 0.240. The topological polar surface area (TPSA) is 46.2 Å². The molecule has 0 bridgehead atoms. The molecule has 106 valence electrons. The zero-order chi connectivity index (χ0) is 14.9. The molecule has 0 fully saturated rings. The van der Waals surface area contributed by atoms with Gasteiger partial charge in [0.1, 0.15) is 4.90 Å². The Kier molecular flexibility index (Phi) is 4.20. The highest BCUT2D eigenvalue weighted by atomic mass is 79.9. The third-order valence-electron chi connectivity index (χ3n) is 3.01. The maximum Gasteiger partial charge on any atom is 0.263 e. The lowest BCUT2D eigenvalue weighted by atomic mass is 10.1. The fourth-order valence-electron chi connectivity index (χ4n) is 1.87. The second-order valence-corrected chi connectivity index (χ2v) is 7.36. The van der Waals surface area contributed by atoms with E-state index in [1.165, 1.54) is 0 Å². The van der Waals surface area contributed by atoms with E-state index in [0.29, 0.717) is 10.2 Å². The first-order valence-corrected chi connectivity index (χ1v) is 8.43. The number of sulfonamides is 1. The van der Waals surface area contributed by atoms with Crippen LogP contribution in [0.2, 0.25) is 0 Å². The van der Waals surface area contributed by atoms with Crippen molar-refractivity contribution in [3.8, 4) is 0 Å². The molecule has 0 heterocycles. The molecule has 2 aromatic carbocycles. The van der Waals surface area contributed by atoms with Crippen LogP contribution in [0.5, 0.6) is 0 Å². The van der Waals surface area contributed by atoms with Gasteiger partial charge in [-0.25, -0.2) is 8.42 Å². The molecule has 0 amide bonds. The Hall–Kier alpha value is -1.33. The molecule has 0 aromatic heterocycles. The number of anilines is 1. The predicted molar refractivity (Wildman–Crippen MR) is 85.6 cm³/mol. The van der Waals surface area contributed by atoms with E-state index < -0.39 is 10.0 Å². The summed E-state index contributed by atoms with van der Waals surface area (Å²) in [5.74, 6) is 0. The van der Waals surface area contributed by atoms with Crippen molar-refractivity contribution in [1.82, 2.24) is 0 Å². The predicted octanol–water partition coefficient (Wildman–Crippen LogP) is 4.18. The first kappa shape index (κ1) is 15.1. The molecule has 0 aliphatic carbocycles. The summed E-state index contributed by atoms with van der Waals surface area (Å²) in [5, 5.41) is 0. The van der Waals surface area contributed by atoms with Gasteiger partial charge in [-0.3, -0.25) is 4.72 Å². The summed E-state index contributed by atoms with van der Waals surface area (Å²) < 4.78 is 28.1. The smallest absolute Gasteiger partial charge is 0.263 e. The normalized spacial score (nSPS) is 11.4. The third-order valence-corrected chi connectivity index (χ3v) is 5.36. The molecular formula is C15H16BrNO2S. The quantitative estimate of drug-likeness (QED) is 0.899. The van der Waals surface area contributed by atoms with Crippen molar-refractivity contribution in [1.29, 1.82) is 0 Å². The lowest BCUT2D eigenvalue weighted by Gasteiger charge is -2.12. The molecule has 0 aliphatic heterocycles.